The molecule has 0 fully saturated rings. The summed E-state index contributed by atoms with van der Waals surface area (Å²) in [6.07, 6.45) is 0.603. The van der Waals surface area contributed by atoms with E-state index in [1.54, 1.807) is 37.3 Å². The molecular formula is C24H24N2O5S. The zero-order valence-corrected chi connectivity index (χ0v) is 18.4. The van der Waals surface area contributed by atoms with Crippen molar-refractivity contribution in [2.24, 2.45) is 0 Å². The third-order valence-electron chi connectivity index (χ3n) is 4.49. The third kappa shape index (κ3) is 6.18. The van der Waals surface area contributed by atoms with E-state index in [4.69, 9.17) is 4.74 Å². The molecule has 2 amide bonds. The average Bonchev–Trinajstić information content (AvgIpc) is 2.78. The van der Waals surface area contributed by atoms with Crippen LogP contribution in [-0.2, 0) is 21.4 Å². The molecule has 0 unspecified atom stereocenters. The monoisotopic (exact) mass is 452 g/mol. The third-order valence-corrected chi connectivity index (χ3v) is 5.93. The summed E-state index contributed by atoms with van der Waals surface area (Å²) >= 11 is 0. The van der Waals surface area contributed by atoms with E-state index in [9.17, 15) is 18.0 Å². The summed E-state index contributed by atoms with van der Waals surface area (Å²) in [7, 11) is -4.13. The van der Waals surface area contributed by atoms with Crippen molar-refractivity contribution in [1.29, 1.82) is 0 Å². The Labute approximate surface area is 187 Å². The first kappa shape index (κ1) is 23.0. The van der Waals surface area contributed by atoms with Crippen LogP contribution in [0.4, 0.5) is 5.69 Å². The van der Waals surface area contributed by atoms with Gasteiger partial charge in [-0.3, -0.25) is 9.59 Å². The van der Waals surface area contributed by atoms with Gasteiger partial charge in [-0.25, -0.2) is 13.1 Å². The van der Waals surface area contributed by atoms with Gasteiger partial charge in [0.25, 0.3) is 15.9 Å². The van der Waals surface area contributed by atoms with Gasteiger partial charge in [0, 0.05) is 12.0 Å². The van der Waals surface area contributed by atoms with Crippen molar-refractivity contribution < 1.29 is 22.7 Å². The van der Waals surface area contributed by atoms with Crippen LogP contribution in [0.2, 0.25) is 0 Å². The summed E-state index contributed by atoms with van der Waals surface area (Å²) in [6, 6.07) is 22.1. The standard InChI is InChI=1S/C24H24N2O5S/c1-2-9-23(27)26-32(29,30)22-15-7-6-14-21(22)25-24(28)19-12-8-13-20(16-19)31-17-18-10-4-3-5-11-18/h3-8,10-16H,2,9,17H2,1H3,(H,25,28)(H,26,27). The van der Waals surface area contributed by atoms with E-state index >= 15 is 0 Å². The quantitative estimate of drug-likeness (QED) is 0.508. The van der Waals surface area contributed by atoms with Gasteiger partial charge in [0.1, 0.15) is 17.3 Å². The Morgan fingerprint density at radius 3 is 2.38 bits per heavy atom. The van der Waals surface area contributed by atoms with Crippen molar-refractivity contribution in [3.8, 4) is 5.75 Å². The van der Waals surface area contributed by atoms with Gasteiger partial charge in [-0.15, -0.1) is 0 Å². The molecule has 0 spiro atoms. The predicted molar refractivity (Wildman–Crippen MR) is 122 cm³/mol. The number of anilines is 1. The molecule has 0 atom stereocenters. The van der Waals surface area contributed by atoms with Crippen molar-refractivity contribution in [2.75, 3.05) is 5.32 Å². The van der Waals surface area contributed by atoms with Gasteiger partial charge in [-0.05, 0) is 42.3 Å². The van der Waals surface area contributed by atoms with E-state index in [0.717, 1.165) is 5.56 Å². The van der Waals surface area contributed by atoms with E-state index in [-0.39, 0.29) is 17.0 Å². The van der Waals surface area contributed by atoms with Gasteiger partial charge in [0.15, 0.2) is 0 Å². The lowest BCUT2D eigenvalue weighted by Crippen LogP contribution is -2.31. The first-order chi connectivity index (χ1) is 15.4. The lowest BCUT2D eigenvalue weighted by atomic mass is 10.2. The van der Waals surface area contributed by atoms with Crippen LogP contribution >= 0.6 is 0 Å². The molecule has 0 saturated heterocycles. The molecule has 32 heavy (non-hydrogen) atoms. The van der Waals surface area contributed by atoms with Gasteiger partial charge in [-0.2, -0.15) is 0 Å². The Morgan fingerprint density at radius 2 is 1.62 bits per heavy atom. The molecular weight excluding hydrogens is 428 g/mol. The van der Waals surface area contributed by atoms with Crippen LogP contribution in [0.25, 0.3) is 0 Å². The molecule has 2 N–H and O–H groups in total. The average molecular weight is 453 g/mol. The summed E-state index contributed by atoms with van der Waals surface area (Å²) in [6.45, 7) is 2.13. The summed E-state index contributed by atoms with van der Waals surface area (Å²) < 4.78 is 33.0. The molecule has 0 aliphatic heterocycles. The maximum Gasteiger partial charge on any atom is 0.266 e. The smallest absolute Gasteiger partial charge is 0.266 e. The molecule has 0 saturated carbocycles. The Morgan fingerprint density at radius 1 is 0.906 bits per heavy atom. The Hall–Kier alpha value is -3.65. The molecule has 0 radical (unpaired) electrons. The number of hydrogen-bond donors (Lipinski definition) is 2. The second kappa shape index (κ2) is 10.6. The van der Waals surface area contributed by atoms with Crippen molar-refractivity contribution in [1.82, 2.24) is 4.72 Å². The summed E-state index contributed by atoms with van der Waals surface area (Å²) in [4.78, 5) is 24.4. The molecule has 166 valence electrons. The van der Waals surface area contributed by atoms with Crippen LogP contribution in [0.5, 0.6) is 5.75 Å². The summed E-state index contributed by atoms with van der Waals surface area (Å²) in [5.74, 6) is -0.594. The molecule has 3 rings (SSSR count). The number of nitrogens with one attached hydrogen (secondary N) is 2. The van der Waals surface area contributed by atoms with Crippen molar-refractivity contribution in [3.05, 3.63) is 90.0 Å². The van der Waals surface area contributed by atoms with E-state index in [1.165, 1.54) is 18.2 Å². The van der Waals surface area contributed by atoms with E-state index in [0.29, 0.717) is 24.3 Å². The minimum absolute atomic E-state index is 0.0740. The molecule has 0 aliphatic rings. The predicted octanol–water partition coefficient (Wildman–Crippen LogP) is 4.12. The SMILES string of the molecule is CCCC(=O)NS(=O)(=O)c1ccccc1NC(=O)c1cccc(OCc2ccccc2)c1. The Kier molecular flexibility index (Phi) is 7.62. The number of amides is 2. The van der Waals surface area contributed by atoms with E-state index in [2.05, 4.69) is 5.32 Å². The highest BCUT2D eigenvalue weighted by molar-refractivity contribution is 7.90. The van der Waals surface area contributed by atoms with Crippen LogP contribution < -0.4 is 14.8 Å². The van der Waals surface area contributed by atoms with Crippen molar-refractivity contribution >= 4 is 27.5 Å². The van der Waals surface area contributed by atoms with Crippen LogP contribution in [0.15, 0.2) is 83.8 Å². The second-order valence-electron chi connectivity index (χ2n) is 7.03. The molecule has 3 aromatic carbocycles. The van der Waals surface area contributed by atoms with Gasteiger partial charge >= 0.3 is 0 Å². The number of hydrogen-bond acceptors (Lipinski definition) is 5. The molecule has 8 heteroatoms. The van der Waals surface area contributed by atoms with E-state index < -0.39 is 21.8 Å². The maximum atomic E-state index is 12.8. The molecule has 0 bridgehead atoms. The number of benzene rings is 3. The van der Waals surface area contributed by atoms with Crippen LogP contribution in [0.1, 0.15) is 35.7 Å². The number of rotatable bonds is 9. The van der Waals surface area contributed by atoms with Crippen molar-refractivity contribution in [3.63, 3.8) is 0 Å². The number of carbonyl (C=O) groups is 2. The lowest BCUT2D eigenvalue weighted by Gasteiger charge is -2.13. The zero-order chi connectivity index (χ0) is 23.0. The Balaban J connectivity index is 1.74. The first-order valence-electron chi connectivity index (χ1n) is 10.1. The lowest BCUT2D eigenvalue weighted by molar-refractivity contribution is -0.119. The molecule has 3 aromatic rings. The molecule has 0 heterocycles. The van der Waals surface area contributed by atoms with Crippen LogP contribution in [0, 0.1) is 0 Å². The second-order valence-corrected chi connectivity index (χ2v) is 8.68. The highest BCUT2D eigenvalue weighted by Gasteiger charge is 2.22. The van der Waals surface area contributed by atoms with Crippen LogP contribution in [0.3, 0.4) is 0 Å². The number of para-hydroxylation sites is 1. The van der Waals surface area contributed by atoms with Gasteiger partial charge < -0.3 is 10.1 Å². The normalized spacial score (nSPS) is 10.9. The van der Waals surface area contributed by atoms with Gasteiger partial charge in [0.05, 0.1) is 5.69 Å². The minimum Gasteiger partial charge on any atom is -0.489 e. The number of carbonyl (C=O) groups excluding carboxylic acids is 2. The molecule has 7 nitrogen and oxygen atoms in total. The fraction of sp³-hybridized carbons (Fsp3) is 0.167. The fourth-order valence-corrected chi connectivity index (χ4v) is 4.13. The summed E-state index contributed by atoms with van der Waals surface area (Å²) in [5.41, 5.74) is 1.37. The highest BCUT2D eigenvalue weighted by Crippen LogP contribution is 2.23. The fourth-order valence-electron chi connectivity index (χ4n) is 2.95. The Bertz CT molecular complexity index is 1190. The zero-order valence-electron chi connectivity index (χ0n) is 17.6. The van der Waals surface area contributed by atoms with E-state index in [1.807, 2.05) is 35.1 Å². The van der Waals surface area contributed by atoms with Gasteiger partial charge in [0.2, 0.25) is 5.91 Å². The summed E-state index contributed by atoms with van der Waals surface area (Å²) in [5, 5.41) is 2.61. The topological polar surface area (TPSA) is 102 Å². The van der Waals surface area contributed by atoms with Gasteiger partial charge in [-0.1, -0.05) is 55.5 Å². The number of sulfonamides is 1. The maximum absolute atomic E-state index is 12.8. The molecule has 0 aliphatic carbocycles. The van der Waals surface area contributed by atoms with Crippen molar-refractivity contribution in [2.45, 2.75) is 31.3 Å². The minimum atomic E-state index is -4.13. The number of ether oxygens (including phenoxy) is 1. The highest BCUT2D eigenvalue weighted by atomic mass is 32.2. The molecule has 0 aromatic heterocycles. The largest absolute Gasteiger partial charge is 0.489 e. The van der Waals surface area contributed by atoms with Crippen LogP contribution in [-0.4, -0.2) is 20.2 Å². The first-order valence-corrected chi connectivity index (χ1v) is 11.6.